The van der Waals surface area contributed by atoms with Crippen LogP contribution in [-0.2, 0) is 6.42 Å². The number of benzene rings is 2. The van der Waals surface area contributed by atoms with Crippen molar-refractivity contribution in [3.05, 3.63) is 59.4 Å². The van der Waals surface area contributed by atoms with Crippen molar-refractivity contribution in [2.75, 3.05) is 0 Å². The number of hydrogen-bond acceptors (Lipinski definition) is 1. The molecule has 2 rings (SSSR count). The van der Waals surface area contributed by atoms with Crippen LogP contribution in [0.3, 0.4) is 0 Å². The van der Waals surface area contributed by atoms with Crippen LogP contribution < -0.4 is 0 Å². The number of unbranched alkanes of at least 4 members (excludes halogenated alkanes) is 1. The minimum absolute atomic E-state index is 0.0363. The van der Waals surface area contributed by atoms with E-state index in [-0.39, 0.29) is 5.56 Å². The van der Waals surface area contributed by atoms with Crippen molar-refractivity contribution < 1.29 is 14.3 Å². The predicted octanol–water partition coefficient (Wildman–Crippen LogP) is 4.53. The number of hydrogen-bond donors (Lipinski definition) is 1. The monoisotopic (exact) mass is 272 g/mol. The average molecular weight is 272 g/mol. The largest absolute Gasteiger partial charge is 0.478 e. The summed E-state index contributed by atoms with van der Waals surface area (Å²) in [6.07, 6.45) is 3.31. The second kappa shape index (κ2) is 6.33. The van der Waals surface area contributed by atoms with E-state index in [0.29, 0.717) is 5.56 Å². The van der Waals surface area contributed by atoms with Gasteiger partial charge in [0.05, 0.1) is 5.56 Å². The molecule has 0 radical (unpaired) electrons. The van der Waals surface area contributed by atoms with Crippen molar-refractivity contribution in [3.8, 4) is 11.1 Å². The van der Waals surface area contributed by atoms with Crippen molar-refractivity contribution in [1.82, 2.24) is 0 Å². The molecule has 104 valence electrons. The fourth-order valence-electron chi connectivity index (χ4n) is 2.11. The Kier molecular flexibility index (Phi) is 4.51. The molecule has 0 aliphatic heterocycles. The first kappa shape index (κ1) is 14.3. The molecule has 0 aliphatic rings. The summed E-state index contributed by atoms with van der Waals surface area (Å²) >= 11 is 0. The summed E-state index contributed by atoms with van der Waals surface area (Å²) in [4.78, 5) is 10.8. The maximum absolute atomic E-state index is 13.9. The molecule has 0 saturated heterocycles. The lowest BCUT2D eigenvalue weighted by atomic mass is 10.00. The van der Waals surface area contributed by atoms with Crippen molar-refractivity contribution >= 4 is 5.97 Å². The minimum Gasteiger partial charge on any atom is -0.478 e. The van der Waals surface area contributed by atoms with Gasteiger partial charge in [0, 0.05) is 5.56 Å². The Labute approximate surface area is 117 Å². The van der Waals surface area contributed by atoms with Crippen molar-refractivity contribution in [2.45, 2.75) is 26.2 Å². The first-order valence-corrected chi connectivity index (χ1v) is 6.74. The molecular formula is C17H17FO2. The molecule has 1 N–H and O–H groups in total. The van der Waals surface area contributed by atoms with Crippen LogP contribution in [0.4, 0.5) is 4.39 Å². The van der Waals surface area contributed by atoms with Gasteiger partial charge in [-0.25, -0.2) is 9.18 Å². The van der Waals surface area contributed by atoms with E-state index < -0.39 is 11.8 Å². The van der Waals surface area contributed by atoms with Crippen LogP contribution >= 0.6 is 0 Å². The molecule has 0 spiro atoms. The van der Waals surface area contributed by atoms with E-state index in [1.165, 1.54) is 17.7 Å². The Balaban J connectivity index is 2.25. The van der Waals surface area contributed by atoms with Gasteiger partial charge in [-0.1, -0.05) is 43.7 Å². The predicted molar refractivity (Wildman–Crippen MR) is 77.4 cm³/mol. The summed E-state index contributed by atoms with van der Waals surface area (Å²) < 4.78 is 13.9. The summed E-state index contributed by atoms with van der Waals surface area (Å²) in [5, 5.41) is 8.82. The fraction of sp³-hybridized carbons (Fsp3) is 0.235. The number of rotatable bonds is 5. The van der Waals surface area contributed by atoms with Crippen molar-refractivity contribution in [2.24, 2.45) is 0 Å². The molecule has 0 fully saturated rings. The van der Waals surface area contributed by atoms with E-state index in [4.69, 9.17) is 5.11 Å². The van der Waals surface area contributed by atoms with Crippen LogP contribution in [0, 0.1) is 5.82 Å². The molecule has 2 aromatic rings. The summed E-state index contributed by atoms with van der Waals surface area (Å²) in [6.45, 7) is 2.15. The molecule has 2 aromatic carbocycles. The van der Waals surface area contributed by atoms with Crippen LogP contribution in [0.2, 0.25) is 0 Å². The molecule has 0 saturated carbocycles. The molecule has 0 heterocycles. The molecule has 0 bridgehead atoms. The van der Waals surface area contributed by atoms with E-state index in [1.807, 2.05) is 24.3 Å². The van der Waals surface area contributed by atoms with Gasteiger partial charge in [0.25, 0.3) is 0 Å². The maximum Gasteiger partial charge on any atom is 0.335 e. The molecule has 0 atom stereocenters. The Morgan fingerprint density at radius 1 is 1.15 bits per heavy atom. The van der Waals surface area contributed by atoms with Crippen molar-refractivity contribution in [3.63, 3.8) is 0 Å². The standard InChI is InChI=1S/C17H17FO2/c1-2-3-4-12-5-7-13(8-6-12)15-10-9-14(17(19)20)11-16(15)18/h5-11H,2-4H2,1H3,(H,19,20). The Morgan fingerprint density at radius 2 is 1.85 bits per heavy atom. The minimum atomic E-state index is -1.12. The molecule has 0 aliphatic carbocycles. The van der Waals surface area contributed by atoms with Gasteiger partial charge in [-0.15, -0.1) is 0 Å². The molecule has 2 nitrogen and oxygen atoms in total. The molecule has 20 heavy (non-hydrogen) atoms. The number of halogens is 1. The SMILES string of the molecule is CCCCc1ccc(-c2ccc(C(=O)O)cc2F)cc1. The third-order valence-corrected chi connectivity index (χ3v) is 3.30. The second-order valence-electron chi connectivity index (χ2n) is 4.80. The highest BCUT2D eigenvalue weighted by molar-refractivity contribution is 5.88. The Bertz CT molecular complexity index is 603. The molecule has 0 aromatic heterocycles. The van der Waals surface area contributed by atoms with Gasteiger partial charge in [-0.2, -0.15) is 0 Å². The summed E-state index contributed by atoms with van der Waals surface area (Å²) in [7, 11) is 0. The Hall–Kier alpha value is -2.16. The van der Waals surface area contributed by atoms with E-state index in [1.54, 1.807) is 0 Å². The van der Waals surface area contributed by atoms with E-state index in [2.05, 4.69) is 6.92 Å². The van der Waals surface area contributed by atoms with E-state index in [0.717, 1.165) is 30.9 Å². The maximum atomic E-state index is 13.9. The van der Waals surface area contributed by atoms with E-state index in [9.17, 15) is 9.18 Å². The zero-order valence-corrected chi connectivity index (χ0v) is 11.4. The van der Waals surface area contributed by atoms with Gasteiger partial charge in [0.2, 0.25) is 0 Å². The van der Waals surface area contributed by atoms with E-state index >= 15 is 0 Å². The number of carboxylic acid groups (broad SMARTS) is 1. The third kappa shape index (κ3) is 3.23. The summed E-state index contributed by atoms with van der Waals surface area (Å²) in [5.74, 6) is -1.63. The number of aryl methyl sites for hydroxylation is 1. The number of aromatic carboxylic acids is 1. The van der Waals surface area contributed by atoms with Crippen LogP contribution in [0.15, 0.2) is 42.5 Å². The normalized spacial score (nSPS) is 10.5. The zero-order chi connectivity index (χ0) is 14.5. The molecular weight excluding hydrogens is 255 g/mol. The van der Waals surface area contributed by atoms with Gasteiger partial charge in [-0.05, 0) is 36.1 Å². The lowest BCUT2D eigenvalue weighted by Crippen LogP contribution is -1.97. The van der Waals surface area contributed by atoms with Gasteiger partial charge < -0.3 is 5.11 Å². The van der Waals surface area contributed by atoms with Gasteiger partial charge in [0.1, 0.15) is 5.82 Å². The first-order valence-electron chi connectivity index (χ1n) is 6.74. The van der Waals surface area contributed by atoms with Gasteiger partial charge >= 0.3 is 5.97 Å². The first-order chi connectivity index (χ1) is 9.61. The van der Waals surface area contributed by atoms with Gasteiger partial charge in [0.15, 0.2) is 0 Å². The summed E-state index contributed by atoms with van der Waals surface area (Å²) in [5.41, 5.74) is 2.39. The lowest BCUT2D eigenvalue weighted by Gasteiger charge is -2.06. The van der Waals surface area contributed by atoms with Crippen LogP contribution in [-0.4, -0.2) is 11.1 Å². The smallest absolute Gasteiger partial charge is 0.335 e. The average Bonchev–Trinajstić information content (AvgIpc) is 2.45. The topological polar surface area (TPSA) is 37.3 Å². The highest BCUT2D eigenvalue weighted by Gasteiger charge is 2.09. The van der Waals surface area contributed by atoms with Crippen LogP contribution in [0.1, 0.15) is 35.7 Å². The number of carboxylic acids is 1. The molecule has 0 unspecified atom stereocenters. The third-order valence-electron chi connectivity index (χ3n) is 3.30. The second-order valence-corrected chi connectivity index (χ2v) is 4.80. The zero-order valence-electron chi connectivity index (χ0n) is 11.4. The number of carbonyl (C=O) groups is 1. The molecule has 0 amide bonds. The Morgan fingerprint density at radius 3 is 2.40 bits per heavy atom. The quantitative estimate of drug-likeness (QED) is 0.868. The van der Waals surface area contributed by atoms with Crippen molar-refractivity contribution in [1.29, 1.82) is 0 Å². The van der Waals surface area contributed by atoms with Crippen LogP contribution in [0.5, 0.6) is 0 Å². The lowest BCUT2D eigenvalue weighted by molar-refractivity contribution is 0.0696. The highest BCUT2D eigenvalue weighted by atomic mass is 19.1. The highest BCUT2D eigenvalue weighted by Crippen LogP contribution is 2.24. The molecule has 3 heteroatoms. The van der Waals surface area contributed by atoms with Gasteiger partial charge in [-0.3, -0.25) is 0 Å². The fourth-order valence-corrected chi connectivity index (χ4v) is 2.11. The van der Waals surface area contributed by atoms with Crippen LogP contribution in [0.25, 0.3) is 11.1 Å². The summed E-state index contributed by atoms with van der Waals surface area (Å²) in [6, 6.07) is 11.7.